The van der Waals surface area contributed by atoms with Gasteiger partial charge in [-0.05, 0) is 26.0 Å². The van der Waals surface area contributed by atoms with Gasteiger partial charge in [0.2, 0.25) is 0 Å². The largest absolute Gasteiger partial charge is 0.545 e. The quantitative estimate of drug-likeness (QED) is 0.786. The highest BCUT2D eigenvalue weighted by molar-refractivity contribution is 6.32. The fraction of sp³-hybridized carbons (Fsp3) is 0.364. The predicted molar refractivity (Wildman–Crippen MR) is 58.1 cm³/mol. The maximum absolute atomic E-state index is 10.7. The molecule has 0 amide bonds. The summed E-state index contributed by atoms with van der Waals surface area (Å²) in [6.45, 7) is 4.41. The van der Waals surface area contributed by atoms with Crippen LogP contribution < -0.4 is 14.6 Å². The number of carboxylic acid groups (broad SMARTS) is 1. The molecule has 1 aromatic carbocycles. The van der Waals surface area contributed by atoms with E-state index >= 15 is 0 Å². The molecule has 16 heavy (non-hydrogen) atoms. The first-order valence-corrected chi connectivity index (χ1v) is 5.28. The summed E-state index contributed by atoms with van der Waals surface area (Å²) in [6.07, 6.45) is 0. The van der Waals surface area contributed by atoms with Gasteiger partial charge in [-0.1, -0.05) is 11.6 Å². The van der Waals surface area contributed by atoms with Crippen molar-refractivity contribution < 1.29 is 19.4 Å². The molecule has 0 aliphatic heterocycles. The number of ether oxygens (including phenoxy) is 2. The predicted octanol–water partition coefficient (Wildman–Crippen LogP) is 1.50. The Hall–Kier alpha value is -1.42. The molecule has 0 aliphatic carbocycles. The lowest BCUT2D eigenvalue weighted by Gasteiger charge is -2.14. The van der Waals surface area contributed by atoms with Gasteiger partial charge in [-0.25, -0.2) is 0 Å². The summed E-state index contributed by atoms with van der Waals surface area (Å²) >= 11 is 5.90. The first-order valence-electron chi connectivity index (χ1n) is 4.90. The van der Waals surface area contributed by atoms with Gasteiger partial charge in [0.25, 0.3) is 0 Å². The van der Waals surface area contributed by atoms with Crippen LogP contribution in [-0.4, -0.2) is 19.2 Å². The molecule has 0 atom stereocenters. The third kappa shape index (κ3) is 2.79. The van der Waals surface area contributed by atoms with Crippen molar-refractivity contribution in [2.24, 2.45) is 0 Å². The van der Waals surface area contributed by atoms with Crippen LogP contribution in [0.1, 0.15) is 24.2 Å². The summed E-state index contributed by atoms with van der Waals surface area (Å²) in [4.78, 5) is 10.7. The van der Waals surface area contributed by atoms with Crippen molar-refractivity contribution >= 4 is 17.6 Å². The highest BCUT2D eigenvalue weighted by Gasteiger charge is 2.12. The molecule has 1 rings (SSSR count). The number of carbonyl (C=O) groups excluding carboxylic acids is 1. The fourth-order valence-electron chi connectivity index (χ4n) is 1.23. The first kappa shape index (κ1) is 12.6. The SMILES string of the molecule is CCOc1cc(C(=O)[O-])cc(Cl)c1OCC. The summed E-state index contributed by atoms with van der Waals surface area (Å²) in [5, 5.41) is 10.9. The molecule has 0 radical (unpaired) electrons. The number of aromatic carboxylic acids is 1. The monoisotopic (exact) mass is 243 g/mol. The number of benzene rings is 1. The Kier molecular flexibility index (Phi) is 4.43. The maximum atomic E-state index is 10.7. The average Bonchev–Trinajstić information content (AvgIpc) is 2.23. The molecule has 0 fully saturated rings. The Bertz CT molecular complexity index is 390. The van der Waals surface area contributed by atoms with Crippen LogP contribution in [-0.2, 0) is 0 Å². The number of carboxylic acids is 1. The van der Waals surface area contributed by atoms with E-state index < -0.39 is 5.97 Å². The molecule has 5 heteroatoms. The number of rotatable bonds is 5. The van der Waals surface area contributed by atoms with Crippen LogP contribution in [0.25, 0.3) is 0 Å². The Morgan fingerprint density at radius 1 is 1.31 bits per heavy atom. The van der Waals surface area contributed by atoms with E-state index in [9.17, 15) is 9.90 Å². The van der Waals surface area contributed by atoms with E-state index in [4.69, 9.17) is 21.1 Å². The van der Waals surface area contributed by atoms with E-state index in [1.165, 1.54) is 12.1 Å². The van der Waals surface area contributed by atoms with Crippen LogP contribution in [0.2, 0.25) is 5.02 Å². The lowest BCUT2D eigenvalue weighted by molar-refractivity contribution is -0.255. The Morgan fingerprint density at radius 2 is 1.94 bits per heavy atom. The highest BCUT2D eigenvalue weighted by atomic mass is 35.5. The number of hydrogen-bond donors (Lipinski definition) is 0. The minimum absolute atomic E-state index is 0.0306. The van der Waals surface area contributed by atoms with E-state index in [0.717, 1.165) is 0 Å². The van der Waals surface area contributed by atoms with Crippen molar-refractivity contribution in [3.05, 3.63) is 22.7 Å². The summed E-state index contributed by atoms with van der Waals surface area (Å²) in [5.74, 6) is -0.627. The van der Waals surface area contributed by atoms with E-state index in [0.29, 0.717) is 24.7 Å². The van der Waals surface area contributed by atoms with Gasteiger partial charge in [0.1, 0.15) is 0 Å². The summed E-state index contributed by atoms with van der Waals surface area (Å²) in [6, 6.07) is 2.63. The van der Waals surface area contributed by atoms with E-state index in [-0.39, 0.29) is 10.6 Å². The average molecular weight is 244 g/mol. The van der Waals surface area contributed by atoms with Crippen LogP contribution in [0.4, 0.5) is 0 Å². The van der Waals surface area contributed by atoms with Crippen LogP contribution in [0.15, 0.2) is 12.1 Å². The summed E-state index contributed by atoms with van der Waals surface area (Å²) in [7, 11) is 0. The van der Waals surface area contributed by atoms with Crippen molar-refractivity contribution in [2.45, 2.75) is 13.8 Å². The molecule has 0 unspecified atom stereocenters. The van der Waals surface area contributed by atoms with Gasteiger partial charge in [-0.3, -0.25) is 0 Å². The van der Waals surface area contributed by atoms with Gasteiger partial charge in [0.15, 0.2) is 11.5 Å². The number of hydrogen-bond acceptors (Lipinski definition) is 4. The minimum Gasteiger partial charge on any atom is -0.545 e. The maximum Gasteiger partial charge on any atom is 0.179 e. The second-order valence-electron chi connectivity index (χ2n) is 2.94. The molecular weight excluding hydrogens is 232 g/mol. The molecule has 0 aromatic heterocycles. The Labute approximate surface area is 98.7 Å². The van der Waals surface area contributed by atoms with Crippen molar-refractivity contribution in [3.8, 4) is 11.5 Å². The molecular formula is C11H12ClO4-. The van der Waals surface area contributed by atoms with Crippen molar-refractivity contribution in [3.63, 3.8) is 0 Å². The molecule has 0 spiro atoms. The Morgan fingerprint density at radius 3 is 2.44 bits per heavy atom. The molecule has 88 valence electrons. The molecule has 4 nitrogen and oxygen atoms in total. The molecule has 1 aromatic rings. The van der Waals surface area contributed by atoms with Gasteiger partial charge in [0.05, 0.1) is 24.2 Å². The second-order valence-corrected chi connectivity index (χ2v) is 3.35. The number of halogens is 1. The lowest BCUT2D eigenvalue weighted by Crippen LogP contribution is -2.22. The number of carbonyl (C=O) groups is 1. The van der Waals surface area contributed by atoms with Gasteiger partial charge in [0, 0.05) is 5.56 Å². The van der Waals surface area contributed by atoms with E-state index in [1.807, 2.05) is 0 Å². The Balaban J connectivity index is 3.21. The summed E-state index contributed by atoms with van der Waals surface area (Å²) < 4.78 is 10.5. The molecule has 0 saturated carbocycles. The van der Waals surface area contributed by atoms with Crippen LogP contribution >= 0.6 is 11.6 Å². The van der Waals surface area contributed by atoms with Crippen LogP contribution in [0.5, 0.6) is 11.5 Å². The fourth-order valence-corrected chi connectivity index (χ4v) is 1.50. The molecule has 0 heterocycles. The van der Waals surface area contributed by atoms with Crippen molar-refractivity contribution in [2.75, 3.05) is 13.2 Å². The first-order chi connectivity index (χ1) is 7.60. The standard InChI is InChI=1S/C11H13ClO4/c1-3-15-9-6-7(11(13)14)5-8(12)10(9)16-4-2/h5-6H,3-4H2,1-2H3,(H,13,14)/p-1. The van der Waals surface area contributed by atoms with E-state index in [2.05, 4.69) is 0 Å². The van der Waals surface area contributed by atoms with Gasteiger partial charge >= 0.3 is 0 Å². The normalized spacial score (nSPS) is 9.94. The summed E-state index contributed by atoms with van der Waals surface area (Å²) in [5.41, 5.74) is -0.0306. The highest BCUT2D eigenvalue weighted by Crippen LogP contribution is 2.36. The zero-order valence-electron chi connectivity index (χ0n) is 9.08. The molecule has 0 aliphatic rings. The topological polar surface area (TPSA) is 58.6 Å². The van der Waals surface area contributed by atoms with Gasteiger partial charge < -0.3 is 19.4 Å². The molecule has 0 saturated heterocycles. The zero-order valence-corrected chi connectivity index (χ0v) is 9.84. The zero-order chi connectivity index (χ0) is 12.1. The van der Waals surface area contributed by atoms with Crippen LogP contribution in [0.3, 0.4) is 0 Å². The van der Waals surface area contributed by atoms with Gasteiger partial charge in [-0.15, -0.1) is 0 Å². The molecule has 0 bridgehead atoms. The lowest BCUT2D eigenvalue weighted by atomic mass is 10.2. The second kappa shape index (κ2) is 5.61. The van der Waals surface area contributed by atoms with Gasteiger partial charge in [-0.2, -0.15) is 0 Å². The van der Waals surface area contributed by atoms with Crippen molar-refractivity contribution in [1.29, 1.82) is 0 Å². The smallest absolute Gasteiger partial charge is 0.179 e. The third-order valence-corrected chi connectivity index (χ3v) is 2.11. The van der Waals surface area contributed by atoms with Crippen molar-refractivity contribution in [1.82, 2.24) is 0 Å². The van der Waals surface area contributed by atoms with E-state index in [1.54, 1.807) is 13.8 Å². The van der Waals surface area contributed by atoms with Crippen LogP contribution in [0, 0.1) is 0 Å². The minimum atomic E-state index is -1.30. The molecule has 0 N–H and O–H groups in total. The third-order valence-electron chi connectivity index (χ3n) is 1.83.